The first-order valence-electron chi connectivity index (χ1n) is 6.62. The number of benzene rings is 1. The second-order valence-electron chi connectivity index (χ2n) is 5.09. The average Bonchev–Trinajstić information content (AvgIpc) is 2.49. The van der Waals surface area contributed by atoms with Gasteiger partial charge < -0.3 is 14.2 Å². The van der Waals surface area contributed by atoms with E-state index in [9.17, 15) is 0 Å². The standard InChI is InChI=1S/C15H21BrO3/c1-17-14-4-2-13(3-5-14)10-19-12-15(11-16)6-8-18-9-7-15/h2-5H,6-12H2,1H3. The number of alkyl halides is 1. The van der Waals surface area contributed by atoms with E-state index in [0.717, 1.165) is 43.7 Å². The monoisotopic (exact) mass is 328 g/mol. The number of halogens is 1. The Morgan fingerprint density at radius 3 is 2.47 bits per heavy atom. The number of methoxy groups -OCH3 is 1. The summed E-state index contributed by atoms with van der Waals surface area (Å²) in [6.07, 6.45) is 2.14. The predicted molar refractivity (Wildman–Crippen MR) is 78.9 cm³/mol. The largest absolute Gasteiger partial charge is 0.497 e. The van der Waals surface area contributed by atoms with E-state index >= 15 is 0 Å². The maximum absolute atomic E-state index is 5.90. The molecule has 0 radical (unpaired) electrons. The third kappa shape index (κ3) is 4.20. The van der Waals surface area contributed by atoms with E-state index in [1.807, 2.05) is 24.3 Å². The van der Waals surface area contributed by atoms with Crippen LogP contribution in [0.2, 0.25) is 0 Å². The van der Waals surface area contributed by atoms with Gasteiger partial charge in [0.1, 0.15) is 5.75 Å². The lowest BCUT2D eigenvalue weighted by Crippen LogP contribution is -2.35. The van der Waals surface area contributed by atoms with Gasteiger partial charge in [0.25, 0.3) is 0 Å². The molecule has 106 valence electrons. The van der Waals surface area contributed by atoms with Gasteiger partial charge in [0.15, 0.2) is 0 Å². The van der Waals surface area contributed by atoms with Crippen LogP contribution in [0.25, 0.3) is 0 Å². The van der Waals surface area contributed by atoms with Gasteiger partial charge in [0, 0.05) is 24.0 Å². The molecule has 0 saturated carbocycles. The van der Waals surface area contributed by atoms with Crippen molar-refractivity contribution in [3.8, 4) is 5.75 Å². The molecule has 1 fully saturated rings. The normalized spacial score (nSPS) is 18.2. The highest BCUT2D eigenvalue weighted by Crippen LogP contribution is 2.33. The lowest BCUT2D eigenvalue weighted by Gasteiger charge is -2.35. The summed E-state index contributed by atoms with van der Waals surface area (Å²) < 4.78 is 16.5. The summed E-state index contributed by atoms with van der Waals surface area (Å²) in [7, 11) is 1.68. The smallest absolute Gasteiger partial charge is 0.118 e. The summed E-state index contributed by atoms with van der Waals surface area (Å²) >= 11 is 3.62. The van der Waals surface area contributed by atoms with E-state index < -0.39 is 0 Å². The van der Waals surface area contributed by atoms with Crippen LogP contribution in [-0.2, 0) is 16.1 Å². The number of hydrogen-bond acceptors (Lipinski definition) is 3. The molecule has 0 N–H and O–H groups in total. The first kappa shape index (κ1) is 14.8. The molecular weight excluding hydrogens is 308 g/mol. The molecule has 1 aliphatic heterocycles. The van der Waals surface area contributed by atoms with Crippen molar-refractivity contribution in [2.75, 3.05) is 32.3 Å². The predicted octanol–water partition coefficient (Wildman–Crippen LogP) is 3.40. The van der Waals surface area contributed by atoms with E-state index in [1.165, 1.54) is 5.56 Å². The van der Waals surface area contributed by atoms with E-state index in [-0.39, 0.29) is 5.41 Å². The Labute approximate surface area is 123 Å². The fourth-order valence-electron chi connectivity index (χ4n) is 2.23. The summed E-state index contributed by atoms with van der Waals surface area (Å²) in [6.45, 7) is 3.13. The van der Waals surface area contributed by atoms with Crippen molar-refractivity contribution in [2.24, 2.45) is 5.41 Å². The first-order valence-corrected chi connectivity index (χ1v) is 7.74. The minimum absolute atomic E-state index is 0.241. The van der Waals surface area contributed by atoms with Crippen LogP contribution in [-0.4, -0.2) is 32.3 Å². The summed E-state index contributed by atoms with van der Waals surface area (Å²) in [5.74, 6) is 0.880. The van der Waals surface area contributed by atoms with Crippen LogP contribution in [0.5, 0.6) is 5.75 Å². The molecule has 4 heteroatoms. The van der Waals surface area contributed by atoms with Crippen LogP contribution in [0.1, 0.15) is 18.4 Å². The maximum Gasteiger partial charge on any atom is 0.118 e. The highest BCUT2D eigenvalue weighted by molar-refractivity contribution is 9.09. The fourth-order valence-corrected chi connectivity index (χ4v) is 2.95. The fraction of sp³-hybridized carbons (Fsp3) is 0.600. The van der Waals surface area contributed by atoms with Crippen LogP contribution < -0.4 is 4.74 Å². The SMILES string of the molecule is COc1ccc(COCC2(CBr)CCOCC2)cc1. The summed E-state index contributed by atoms with van der Waals surface area (Å²) in [6, 6.07) is 8.02. The molecule has 0 atom stereocenters. The van der Waals surface area contributed by atoms with E-state index in [0.29, 0.717) is 6.61 Å². The van der Waals surface area contributed by atoms with Crippen molar-refractivity contribution in [3.05, 3.63) is 29.8 Å². The third-order valence-electron chi connectivity index (χ3n) is 3.67. The molecular formula is C15H21BrO3. The molecule has 1 aromatic carbocycles. The van der Waals surface area contributed by atoms with Crippen LogP contribution in [0.15, 0.2) is 24.3 Å². The van der Waals surface area contributed by atoms with Gasteiger partial charge in [-0.05, 0) is 30.5 Å². The maximum atomic E-state index is 5.90. The van der Waals surface area contributed by atoms with Gasteiger partial charge in [-0.25, -0.2) is 0 Å². The average molecular weight is 329 g/mol. The molecule has 0 bridgehead atoms. The Balaban J connectivity index is 1.81. The number of ether oxygens (including phenoxy) is 3. The van der Waals surface area contributed by atoms with Crippen LogP contribution >= 0.6 is 15.9 Å². The van der Waals surface area contributed by atoms with Crippen molar-refractivity contribution >= 4 is 15.9 Å². The highest BCUT2D eigenvalue weighted by Gasteiger charge is 2.31. The highest BCUT2D eigenvalue weighted by atomic mass is 79.9. The van der Waals surface area contributed by atoms with Gasteiger partial charge in [-0.15, -0.1) is 0 Å². The van der Waals surface area contributed by atoms with Crippen molar-refractivity contribution in [1.82, 2.24) is 0 Å². The zero-order valence-corrected chi connectivity index (χ0v) is 12.9. The lowest BCUT2D eigenvalue weighted by molar-refractivity contribution is -0.0311. The Kier molecular flexibility index (Phi) is 5.67. The lowest BCUT2D eigenvalue weighted by atomic mass is 9.83. The van der Waals surface area contributed by atoms with Crippen molar-refractivity contribution in [1.29, 1.82) is 0 Å². The summed E-state index contributed by atoms with van der Waals surface area (Å²) in [5.41, 5.74) is 1.42. The van der Waals surface area contributed by atoms with Gasteiger partial charge in [-0.3, -0.25) is 0 Å². The first-order chi connectivity index (χ1) is 9.28. The van der Waals surface area contributed by atoms with Crippen LogP contribution in [0, 0.1) is 5.41 Å². The molecule has 1 aromatic rings. The van der Waals surface area contributed by atoms with Crippen LogP contribution in [0.3, 0.4) is 0 Å². The zero-order valence-electron chi connectivity index (χ0n) is 11.4. The minimum Gasteiger partial charge on any atom is -0.497 e. The van der Waals surface area contributed by atoms with Crippen molar-refractivity contribution in [3.63, 3.8) is 0 Å². The topological polar surface area (TPSA) is 27.7 Å². The minimum atomic E-state index is 0.241. The second kappa shape index (κ2) is 7.27. The van der Waals surface area contributed by atoms with Gasteiger partial charge in [0.2, 0.25) is 0 Å². The van der Waals surface area contributed by atoms with Gasteiger partial charge in [0.05, 0.1) is 20.3 Å². The quantitative estimate of drug-likeness (QED) is 0.749. The summed E-state index contributed by atoms with van der Waals surface area (Å²) in [5, 5.41) is 0.978. The molecule has 0 unspecified atom stereocenters. The van der Waals surface area contributed by atoms with Gasteiger partial charge in [-0.1, -0.05) is 28.1 Å². The second-order valence-corrected chi connectivity index (χ2v) is 5.65. The summed E-state index contributed by atoms with van der Waals surface area (Å²) in [4.78, 5) is 0. The Hall–Kier alpha value is -0.580. The molecule has 0 aromatic heterocycles. The Bertz CT molecular complexity index is 371. The van der Waals surface area contributed by atoms with Crippen molar-refractivity contribution in [2.45, 2.75) is 19.4 Å². The molecule has 1 heterocycles. The molecule has 0 spiro atoms. The molecule has 1 saturated heterocycles. The Morgan fingerprint density at radius 2 is 1.89 bits per heavy atom. The Morgan fingerprint density at radius 1 is 1.21 bits per heavy atom. The zero-order chi connectivity index (χ0) is 13.6. The number of hydrogen-bond donors (Lipinski definition) is 0. The van der Waals surface area contributed by atoms with E-state index in [1.54, 1.807) is 7.11 Å². The van der Waals surface area contributed by atoms with E-state index in [2.05, 4.69) is 15.9 Å². The number of rotatable bonds is 6. The molecule has 1 aliphatic rings. The molecule has 19 heavy (non-hydrogen) atoms. The van der Waals surface area contributed by atoms with E-state index in [4.69, 9.17) is 14.2 Å². The van der Waals surface area contributed by atoms with Crippen LogP contribution in [0.4, 0.5) is 0 Å². The van der Waals surface area contributed by atoms with Crippen molar-refractivity contribution < 1.29 is 14.2 Å². The van der Waals surface area contributed by atoms with Gasteiger partial charge in [-0.2, -0.15) is 0 Å². The molecule has 2 rings (SSSR count). The molecule has 3 nitrogen and oxygen atoms in total. The van der Waals surface area contributed by atoms with Gasteiger partial charge >= 0.3 is 0 Å². The molecule has 0 aliphatic carbocycles. The third-order valence-corrected chi connectivity index (χ3v) is 4.86. The molecule has 0 amide bonds.